The van der Waals surface area contributed by atoms with Crippen molar-refractivity contribution in [3.8, 4) is 0 Å². The Morgan fingerprint density at radius 3 is 2.54 bits per heavy atom. The molecule has 0 bridgehead atoms. The van der Waals surface area contributed by atoms with Gasteiger partial charge >= 0.3 is 0 Å². The van der Waals surface area contributed by atoms with Crippen molar-refractivity contribution in [2.24, 2.45) is 4.99 Å². The summed E-state index contributed by atoms with van der Waals surface area (Å²) in [6, 6.07) is 3.21. The SMILES string of the molecule is CN=C(NCCNC(=O)c1ccco1)NC(C)CCS(C)(=O)=O.I. The van der Waals surface area contributed by atoms with E-state index in [-0.39, 0.29) is 47.4 Å². The molecule has 0 saturated heterocycles. The third-order valence-corrected chi connectivity index (χ3v) is 3.95. The van der Waals surface area contributed by atoms with Gasteiger partial charge in [0.05, 0.1) is 12.0 Å². The summed E-state index contributed by atoms with van der Waals surface area (Å²) < 4.78 is 27.3. The van der Waals surface area contributed by atoms with Crippen molar-refractivity contribution in [3.63, 3.8) is 0 Å². The zero-order chi connectivity index (χ0) is 17.3. The maximum atomic E-state index is 11.6. The predicted octanol–water partition coefficient (Wildman–Crippen LogP) is 0.616. The highest BCUT2D eigenvalue weighted by molar-refractivity contribution is 14.0. The van der Waals surface area contributed by atoms with Gasteiger partial charge in [0.2, 0.25) is 0 Å². The molecule has 1 amide bonds. The van der Waals surface area contributed by atoms with Crippen molar-refractivity contribution in [2.45, 2.75) is 19.4 Å². The molecule has 3 N–H and O–H groups in total. The fraction of sp³-hybridized carbons (Fsp3) is 0.571. The van der Waals surface area contributed by atoms with Gasteiger partial charge in [-0.05, 0) is 25.5 Å². The third-order valence-electron chi connectivity index (χ3n) is 2.98. The molecule has 0 aliphatic carbocycles. The molecule has 8 nitrogen and oxygen atoms in total. The van der Waals surface area contributed by atoms with E-state index in [1.165, 1.54) is 12.5 Å². The molecule has 138 valence electrons. The van der Waals surface area contributed by atoms with E-state index in [9.17, 15) is 13.2 Å². The smallest absolute Gasteiger partial charge is 0.287 e. The van der Waals surface area contributed by atoms with Crippen molar-refractivity contribution >= 4 is 45.7 Å². The van der Waals surface area contributed by atoms with E-state index in [0.29, 0.717) is 25.5 Å². The van der Waals surface area contributed by atoms with Gasteiger partial charge in [0.15, 0.2) is 11.7 Å². The van der Waals surface area contributed by atoms with E-state index in [1.807, 2.05) is 6.92 Å². The van der Waals surface area contributed by atoms with Crippen LogP contribution >= 0.6 is 24.0 Å². The molecule has 1 rings (SSSR count). The first kappa shape index (κ1) is 22.7. The number of furan rings is 1. The van der Waals surface area contributed by atoms with Crippen molar-refractivity contribution in [3.05, 3.63) is 24.2 Å². The molecule has 0 spiro atoms. The zero-order valence-corrected chi connectivity index (χ0v) is 17.2. The molecule has 1 atom stereocenters. The third kappa shape index (κ3) is 9.75. The predicted molar refractivity (Wildman–Crippen MR) is 105 cm³/mol. The summed E-state index contributed by atoms with van der Waals surface area (Å²) in [5.41, 5.74) is 0. The first-order valence-corrected chi connectivity index (χ1v) is 9.34. The Labute approximate surface area is 159 Å². The van der Waals surface area contributed by atoms with Gasteiger partial charge in [-0.25, -0.2) is 8.42 Å². The lowest BCUT2D eigenvalue weighted by atomic mass is 10.3. The number of halogens is 1. The van der Waals surface area contributed by atoms with Gasteiger partial charge < -0.3 is 20.4 Å². The van der Waals surface area contributed by atoms with Gasteiger partial charge in [-0.1, -0.05) is 0 Å². The van der Waals surface area contributed by atoms with Gasteiger partial charge in [-0.15, -0.1) is 24.0 Å². The zero-order valence-electron chi connectivity index (χ0n) is 14.0. The minimum absolute atomic E-state index is 0. The number of aliphatic imine (C=N–C) groups is 1. The highest BCUT2D eigenvalue weighted by Gasteiger charge is 2.10. The molecule has 1 unspecified atom stereocenters. The van der Waals surface area contributed by atoms with Crippen LogP contribution in [0.3, 0.4) is 0 Å². The molecular weight excluding hydrogens is 447 g/mol. The van der Waals surface area contributed by atoms with E-state index in [0.717, 1.165) is 0 Å². The molecule has 1 aromatic heterocycles. The summed E-state index contributed by atoms with van der Waals surface area (Å²) >= 11 is 0. The van der Waals surface area contributed by atoms with Gasteiger partial charge in [-0.2, -0.15) is 0 Å². The van der Waals surface area contributed by atoms with E-state index in [4.69, 9.17) is 4.42 Å². The van der Waals surface area contributed by atoms with Gasteiger partial charge in [-0.3, -0.25) is 9.79 Å². The number of nitrogens with one attached hydrogen (secondary N) is 3. The number of carbonyl (C=O) groups excluding carboxylic acids is 1. The van der Waals surface area contributed by atoms with E-state index >= 15 is 0 Å². The monoisotopic (exact) mass is 472 g/mol. The van der Waals surface area contributed by atoms with Crippen LogP contribution in [-0.2, 0) is 9.84 Å². The van der Waals surface area contributed by atoms with E-state index in [1.54, 1.807) is 19.2 Å². The summed E-state index contributed by atoms with van der Waals surface area (Å²) in [5, 5.41) is 8.85. The molecule has 0 aliphatic rings. The first-order valence-electron chi connectivity index (χ1n) is 7.28. The van der Waals surface area contributed by atoms with Crippen LogP contribution in [0.15, 0.2) is 27.8 Å². The standard InChI is InChI=1S/C14H24N4O4S.HI/c1-11(6-10-23(3,20)21)18-14(15-2)17-8-7-16-13(19)12-5-4-9-22-12;/h4-5,9,11H,6-8,10H2,1-3H3,(H,16,19)(H2,15,17,18);1H. The fourth-order valence-electron chi connectivity index (χ4n) is 1.74. The molecule has 0 radical (unpaired) electrons. The second kappa shape index (κ2) is 11.3. The topological polar surface area (TPSA) is 113 Å². The Morgan fingerprint density at radius 1 is 1.33 bits per heavy atom. The lowest BCUT2D eigenvalue weighted by Crippen LogP contribution is -2.45. The van der Waals surface area contributed by atoms with E-state index < -0.39 is 9.84 Å². The molecule has 1 heterocycles. The van der Waals surface area contributed by atoms with Crippen LogP contribution in [0.1, 0.15) is 23.9 Å². The maximum Gasteiger partial charge on any atom is 0.287 e. The molecular formula is C14H25IN4O4S. The Morgan fingerprint density at radius 2 is 2.00 bits per heavy atom. The Bertz CT molecular complexity index is 617. The van der Waals surface area contributed by atoms with Crippen LogP contribution in [0.25, 0.3) is 0 Å². The second-order valence-corrected chi connectivity index (χ2v) is 7.46. The molecule has 0 aliphatic heterocycles. The van der Waals surface area contributed by atoms with Crippen molar-refractivity contribution in [2.75, 3.05) is 32.1 Å². The largest absolute Gasteiger partial charge is 0.459 e. The molecule has 0 fully saturated rings. The normalized spacial score (nSPS) is 12.9. The van der Waals surface area contributed by atoms with Crippen molar-refractivity contribution in [1.29, 1.82) is 0 Å². The number of sulfone groups is 1. The number of hydrogen-bond donors (Lipinski definition) is 3. The van der Waals surface area contributed by atoms with Crippen LogP contribution in [0.4, 0.5) is 0 Å². The Hall–Kier alpha value is -1.30. The average Bonchev–Trinajstić information content (AvgIpc) is 3.01. The van der Waals surface area contributed by atoms with Gasteiger partial charge in [0, 0.05) is 32.4 Å². The summed E-state index contributed by atoms with van der Waals surface area (Å²) in [5.74, 6) is 0.665. The number of rotatable bonds is 8. The second-order valence-electron chi connectivity index (χ2n) is 5.20. The fourth-order valence-corrected chi connectivity index (χ4v) is 2.52. The number of amides is 1. The molecule has 10 heteroatoms. The lowest BCUT2D eigenvalue weighted by Gasteiger charge is -2.17. The minimum atomic E-state index is -2.97. The number of carbonyl (C=O) groups is 1. The van der Waals surface area contributed by atoms with Gasteiger partial charge in [0.25, 0.3) is 5.91 Å². The number of hydrogen-bond acceptors (Lipinski definition) is 5. The summed E-state index contributed by atoms with van der Waals surface area (Å²) in [6.07, 6.45) is 3.15. The quantitative estimate of drug-likeness (QED) is 0.221. The van der Waals surface area contributed by atoms with Crippen LogP contribution in [0.5, 0.6) is 0 Å². The van der Waals surface area contributed by atoms with Gasteiger partial charge in [0.1, 0.15) is 9.84 Å². The van der Waals surface area contributed by atoms with Crippen LogP contribution in [0.2, 0.25) is 0 Å². The molecule has 1 aromatic rings. The minimum Gasteiger partial charge on any atom is -0.459 e. The first-order chi connectivity index (χ1) is 10.8. The lowest BCUT2D eigenvalue weighted by molar-refractivity contribution is 0.0926. The van der Waals surface area contributed by atoms with E-state index in [2.05, 4.69) is 20.9 Å². The number of nitrogens with zero attached hydrogens (tertiary/aromatic N) is 1. The summed E-state index contributed by atoms with van der Waals surface area (Å²) in [6.45, 7) is 2.76. The molecule has 0 aromatic carbocycles. The molecule has 0 saturated carbocycles. The molecule has 24 heavy (non-hydrogen) atoms. The highest BCUT2D eigenvalue weighted by atomic mass is 127. The Balaban J connectivity index is 0.00000529. The average molecular weight is 472 g/mol. The van der Waals surface area contributed by atoms with Crippen molar-refractivity contribution < 1.29 is 17.6 Å². The summed E-state index contributed by atoms with van der Waals surface area (Å²) in [7, 11) is -1.35. The number of guanidine groups is 1. The van der Waals surface area contributed by atoms with Crippen LogP contribution in [-0.4, -0.2) is 58.5 Å². The van der Waals surface area contributed by atoms with Crippen LogP contribution in [0, 0.1) is 0 Å². The van der Waals surface area contributed by atoms with Crippen LogP contribution < -0.4 is 16.0 Å². The highest BCUT2D eigenvalue weighted by Crippen LogP contribution is 1.98. The Kier molecular flexibility index (Phi) is 10.7. The summed E-state index contributed by atoms with van der Waals surface area (Å²) in [4.78, 5) is 15.7. The van der Waals surface area contributed by atoms with Crippen molar-refractivity contribution in [1.82, 2.24) is 16.0 Å². The maximum absolute atomic E-state index is 11.6.